The van der Waals surface area contributed by atoms with E-state index < -0.39 is 5.54 Å². The molecule has 5 rings (SSSR count). The molecule has 7 nitrogen and oxygen atoms in total. The molecule has 178 valence electrons. The van der Waals surface area contributed by atoms with Crippen LogP contribution in [0.15, 0.2) is 12.1 Å². The van der Waals surface area contributed by atoms with Crippen molar-refractivity contribution in [3.05, 3.63) is 23.3 Å². The summed E-state index contributed by atoms with van der Waals surface area (Å²) >= 11 is 0. The molecule has 0 radical (unpaired) electrons. The van der Waals surface area contributed by atoms with Crippen LogP contribution in [0.25, 0.3) is 10.9 Å². The molecule has 1 N–H and O–H groups in total. The third-order valence-electron chi connectivity index (χ3n) is 7.19. The zero-order valence-corrected chi connectivity index (χ0v) is 19.9. The number of hydrogen-bond acceptors (Lipinski definition) is 7. The third kappa shape index (κ3) is 4.47. The number of carbonyl (C=O) groups excluding carboxylic acids is 1. The van der Waals surface area contributed by atoms with Crippen LogP contribution in [0.1, 0.15) is 56.6 Å². The van der Waals surface area contributed by atoms with Gasteiger partial charge in [-0.1, -0.05) is 0 Å². The number of hydrogen-bond donors (Lipinski definition) is 1. The zero-order chi connectivity index (χ0) is 22.8. The summed E-state index contributed by atoms with van der Waals surface area (Å²) in [5.41, 5.74) is 2.79. The summed E-state index contributed by atoms with van der Waals surface area (Å²) in [5.74, 6) is 2.14. The molecule has 7 heteroatoms. The van der Waals surface area contributed by atoms with E-state index in [0.29, 0.717) is 13.2 Å². The van der Waals surface area contributed by atoms with Crippen LogP contribution < -0.4 is 14.8 Å². The van der Waals surface area contributed by atoms with Crippen LogP contribution in [0.2, 0.25) is 0 Å². The molecule has 1 aliphatic heterocycles. The van der Waals surface area contributed by atoms with Crippen molar-refractivity contribution in [1.29, 1.82) is 0 Å². The number of carbonyl (C=O) groups is 1. The fraction of sp³-hybridized carbons (Fsp3) is 0.615. The van der Waals surface area contributed by atoms with Crippen molar-refractivity contribution >= 4 is 22.7 Å². The van der Waals surface area contributed by atoms with Crippen LogP contribution in [-0.2, 0) is 22.4 Å². The van der Waals surface area contributed by atoms with Crippen molar-refractivity contribution in [2.75, 3.05) is 45.3 Å². The highest BCUT2D eigenvalue weighted by atomic mass is 16.5. The van der Waals surface area contributed by atoms with Crippen molar-refractivity contribution < 1.29 is 19.0 Å². The van der Waals surface area contributed by atoms with Gasteiger partial charge in [0.2, 0.25) is 0 Å². The maximum absolute atomic E-state index is 12.5. The second-order valence-electron chi connectivity index (χ2n) is 9.47. The summed E-state index contributed by atoms with van der Waals surface area (Å²) in [6, 6.07) is 4.07. The highest BCUT2D eigenvalue weighted by Gasteiger charge is 2.52. The minimum absolute atomic E-state index is 0.171. The molecule has 1 aromatic carbocycles. The van der Waals surface area contributed by atoms with Gasteiger partial charge in [-0.15, -0.1) is 0 Å². The van der Waals surface area contributed by atoms with E-state index in [1.165, 1.54) is 37.1 Å². The van der Waals surface area contributed by atoms with Crippen molar-refractivity contribution in [2.24, 2.45) is 0 Å². The second kappa shape index (κ2) is 9.37. The highest BCUT2D eigenvalue weighted by Crippen LogP contribution is 2.44. The quantitative estimate of drug-likeness (QED) is 0.429. The van der Waals surface area contributed by atoms with Gasteiger partial charge in [0.15, 0.2) is 11.5 Å². The molecular weight excluding hydrogens is 418 g/mol. The molecule has 2 heterocycles. The lowest BCUT2D eigenvalue weighted by atomic mass is 10.0. The number of likely N-dealkylation sites (tertiary alicyclic amines) is 1. The van der Waals surface area contributed by atoms with Gasteiger partial charge >= 0.3 is 5.97 Å². The molecule has 2 aliphatic carbocycles. The number of benzene rings is 1. The number of aryl methyl sites for hydroxylation is 1. The van der Waals surface area contributed by atoms with Gasteiger partial charge in [0, 0.05) is 18.0 Å². The Morgan fingerprint density at radius 3 is 2.64 bits per heavy atom. The van der Waals surface area contributed by atoms with Crippen LogP contribution in [0.4, 0.5) is 5.82 Å². The van der Waals surface area contributed by atoms with Gasteiger partial charge in [-0.05, 0) is 88.6 Å². The summed E-state index contributed by atoms with van der Waals surface area (Å²) < 4.78 is 17.2. The van der Waals surface area contributed by atoms with Crippen molar-refractivity contribution in [3.63, 3.8) is 0 Å². The van der Waals surface area contributed by atoms with E-state index in [4.69, 9.17) is 19.2 Å². The monoisotopic (exact) mass is 453 g/mol. The molecule has 0 amide bonds. The van der Waals surface area contributed by atoms with Gasteiger partial charge in [0.25, 0.3) is 0 Å². The average Bonchev–Trinajstić information content (AvgIpc) is 3.20. The van der Waals surface area contributed by atoms with Gasteiger partial charge < -0.3 is 24.4 Å². The first-order valence-corrected chi connectivity index (χ1v) is 12.5. The van der Waals surface area contributed by atoms with Crippen LogP contribution in [0.3, 0.4) is 0 Å². The maximum Gasteiger partial charge on any atom is 0.331 e. The molecule has 2 aromatic rings. The van der Waals surface area contributed by atoms with Crippen LogP contribution in [-0.4, -0.2) is 61.3 Å². The number of nitrogens with one attached hydrogen (secondary N) is 1. The van der Waals surface area contributed by atoms with Gasteiger partial charge in [-0.3, -0.25) is 0 Å². The number of methoxy groups -OCH3 is 1. The lowest BCUT2D eigenvalue weighted by Crippen LogP contribution is -2.34. The number of nitrogens with zero attached hydrogens (tertiary/aromatic N) is 2. The van der Waals surface area contributed by atoms with E-state index >= 15 is 0 Å². The predicted molar refractivity (Wildman–Crippen MR) is 128 cm³/mol. The number of ether oxygens (including phenoxy) is 3. The maximum atomic E-state index is 12.5. The van der Waals surface area contributed by atoms with E-state index in [9.17, 15) is 4.79 Å². The minimum atomic E-state index is -0.617. The van der Waals surface area contributed by atoms with Gasteiger partial charge in [0.05, 0.1) is 25.8 Å². The summed E-state index contributed by atoms with van der Waals surface area (Å²) in [6.07, 6.45) is 8.25. The van der Waals surface area contributed by atoms with Crippen molar-refractivity contribution in [3.8, 4) is 11.5 Å². The first kappa shape index (κ1) is 22.3. The van der Waals surface area contributed by atoms with Crippen molar-refractivity contribution in [2.45, 2.75) is 63.8 Å². The molecule has 33 heavy (non-hydrogen) atoms. The van der Waals surface area contributed by atoms with Crippen LogP contribution in [0, 0.1) is 0 Å². The Labute approximate surface area is 195 Å². The molecule has 1 saturated carbocycles. The average molecular weight is 454 g/mol. The molecule has 2 fully saturated rings. The molecular formula is C26H35N3O4. The predicted octanol–water partition coefficient (Wildman–Crippen LogP) is 4.10. The Bertz CT molecular complexity index is 1030. The zero-order valence-electron chi connectivity index (χ0n) is 19.9. The summed E-state index contributed by atoms with van der Waals surface area (Å²) in [5, 5.41) is 4.60. The van der Waals surface area contributed by atoms with E-state index in [1.807, 2.05) is 13.0 Å². The molecule has 3 aliphatic rings. The highest BCUT2D eigenvalue weighted by molar-refractivity contribution is 5.92. The molecule has 1 saturated heterocycles. The van der Waals surface area contributed by atoms with E-state index in [-0.39, 0.29) is 5.97 Å². The number of pyridine rings is 1. The summed E-state index contributed by atoms with van der Waals surface area (Å²) in [7, 11) is 1.69. The Hall–Kier alpha value is -2.54. The molecule has 0 atom stereocenters. The van der Waals surface area contributed by atoms with Crippen LogP contribution >= 0.6 is 0 Å². The third-order valence-corrected chi connectivity index (χ3v) is 7.19. The van der Waals surface area contributed by atoms with Gasteiger partial charge in [-0.25, -0.2) is 9.78 Å². The van der Waals surface area contributed by atoms with E-state index in [1.54, 1.807) is 7.11 Å². The Balaban J connectivity index is 1.39. The Morgan fingerprint density at radius 1 is 1.12 bits per heavy atom. The van der Waals surface area contributed by atoms with Gasteiger partial charge in [-0.2, -0.15) is 0 Å². The van der Waals surface area contributed by atoms with Gasteiger partial charge in [0.1, 0.15) is 11.4 Å². The number of fused-ring (bicyclic) bond motifs is 3. The number of anilines is 1. The summed E-state index contributed by atoms with van der Waals surface area (Å²) in [6.45, 7) is 6.38. The summed E-state index contributed by atoms with van der Waals surface area (Å²) in [4.78, 5) is 20.0. The van der Waals surface area contributed by atoms with Crippen LogP contribution in [0.5, 0.6) is 11.5 Å². The fourth-order valence-electron chi connectivity index (χ4n) is 5.23. The van der Waals surface area contributed by atoms with E-state index in [0.717, 1.165) is 73.3 Å². The number of rotatable bonds is 10. The SMILES string of the molecule is CCOC(=O)C1(Nc2nc3cc(OCCCN4CCCC4)c(OC)cc3c3c2CCC3)CC1. The second-order valence-corrected chi connectivity index (χ2v) is 9.47. The number of aromatic nitrogens is 1. The normalized spacial score (nSPS) is 18.8. The minimum Gasteiger partial charge on any atom is -0.493 e. The first-order chi connectivity index (χ1) is 16.1. The fourth-order valence-corrected chi connectivity index (χ4v) is 5.23. The first-order valence-electron chi connectivity index (χ1n) is 12.5. The lowest BCUT2D eigenvalue weighted by molar-refractivity contribution is -0.145. The Morgan fingerprint density at radius 2 is 1.91 bits per heavy atom. The molecule has 0 bridgehead atoms. The molecule has 0 spiro atoms. The van der Waals surface area contributed by atoms with Crippen molar-refractivity contribution in [1.82, 2.24) is 9.88 Å². The largest absolute Gasteiger partial charge is 0.493 e. The smallest absolute Gasteiger partial charge is 0.331 e. The molecule has 1 aromatic heterocycles. The van der Waals surface area contributed by atoms with E-state index in [2.05, 4.69) is 16.3 Å². The topological polar surface area (TPSA) is 72.9 Å². The Kier molecular flexibility index (Phi) is 6.32. The lowest BCUT2D eigenvalue weighted by Gasteiger charge is -2.20. The molecule has 0 unspecified atom stereocenters. The number of esters is 1. The standard InChI is InChI=1S/C26H35N3O4/c1-3-32-25(30)26(10-11-26)28-24-19-9-6-8-18(19)20-16-22(31-2)23(17-21(20)27-24)33-15-7-14-29-12-4-5-13-29/h16-17H,3-15H2,1-2H3,(H,27,28).